The molecule has 1 nitrogen and oxygen atoms in total. The molecule has 0 saturated carbocycles. The zero-order chi connectivity index (χ0) is 13.8. The van der Waals surface area contributed by atoms with Gasteiger partial charge in [0.15, 0.2) is 0 Å². The number of thioether (sulfide) groups is 1. The molecule has 1 unspecified atom stereocenters. The van der Waals surface area contributed by atoms with Crippen LogP contribution in [0.3, 0.4) is 0 Å². The molecule has 2 aromatic carbocycles. The van der Waals surface area contributed by atoms with Gasteiger partial charge in [-0.3, -0.25) is 0 Å². The summed E-state index contributed by atoms with van der Waals surface area (Å²) in [6, 6.07) is 11.3. The summed E-state index contributed by atoms with van der Waals surface area (Å²) < 4.78 is 26.9. The number of aryl methyl sites for hydroxylation is 1. The molecule has 4 heteroatoms. The van der Waals surface area contributed by atoms with E-state index in [4.69, 9.17) is 0 Å². The molecule has 0 amide bonds. The third kappa shape index (κ3) is 3.55. The monoisotopic (exact) mass is 280 g/mol. The standard InChI is InChI=1S/C15H14F2OS/c1-10-5-7-11(8-6-10)19-9-14(18)15-12(16)3-2-4-13(15)17/h2-8,14,18H,9H2,1H3. The molecule has 0 aliphatic carbocycles. The highest BCUT2D eigenvalue weighted by atomic mass is 32.2. The van der Waals surface area contributed by atoms with Gasteiger partial charge in [-0.15, -0.1) is 11.8 Å². The van der Waals surface area contributed by atoms with Crippen LogP contribution in [-0.4, -0.2) is 10.9 Å². The zero-order valence-corrected chi connectivity index (χ0v) is 11.3. The SMILES string of the molecule is Cc1ccc(SCC(O)c2c(F)cccc2F)cc1. The molecule has 0 radical (unpaired) electrons. The minimum absolute atomic E-state index is 0.209. The van der Waals surface area contributed by atoms with Crippen molar-refractivity contribution in [2.24, 2.45) is 0 Å². The van der Waals surface area contributed by atoms with Gasteiger partial charge in [0.2, 0.25) is 0 Å². The number of aliphatic hydroxyl groups is 1. The van der Waals surface area contributed by atoms with Gasteiger partial charge in [-0.25, -0.2) is 8.78 Å². The highest BCUT2D eigenvalue weighted by Crippen LogP contribution is 2.27. The van der Waals surface area contributed by atoms with Gasteiger partial charge in [0, 0.05) is 10.6 Å². The Bertz CT molecular complexity index is 534. The van der Waals surface area contributed by atoms with Crippen molar-refractivity contribution in [3.8, 4) is 0 Å². The molecule has 100 valence electrons. The topological polar surface area (TPSA) is 20.2 Å². The Morgan fingerprint density at radius 2 is 1.63 bits per heavy atom. The Balaban J connectivity index is 2.05. The van der Waals surface area contributed by atoms with E-state index in [1.807, 2.05) is 31.2 Å². The molecular weight excluding hydrogens is 266 g/mol. The normalized spacial score (nSPS) is 12.4. The van der Waals surface area contributed by atoms with E-state index in [1.165, 1.54) is 17.8 Å². The van der Waals surface area contributed by atoms with E-state index in [-0.39, 0.29) is 11.3 Å². The summed E-state index contributed by atoms with van der Waals surface area (Å²) in [6.45, 7) is 1.98. The Kier molecular flexibility index (Phi) is 4.56. The Morgan fingerprint density at radius 3 is 2.21 bits per heavy atom. The second-order valence-electron chi connectivity index (χ2n) is 4.28. The van der Waals surface area contributed by atoms with Gasteiger partial charge in [0.05, 0.1) is 11.7 Å². The van der Waals surface area contributed by atoms with Gasteiger partial charge in [-0.2, -0.15) is 0 Å². The summed E-state index contributed by atoms with van der Waals surface area (Å²) in [5.41, 5.74) is 0.882. The first kappa shape index (κ1) is 14.0. The Hall–Kier alpha value is -1.39. The van der Waals surface area contributed by atoms with Crippen molar-refractivity contribution in [2.75, 3.05) is 5.75 Å². The van der Waals surface area contributed by atoms with Crippen LogP contribution in [0.5, 0.6) is 0 Å². The molecule has 0 fully saturated rings. The largest absolute Gasteiger partial charge is 0.387 e. The van der Waals surface area contributed by atoms with E-state index >= 15 is 0 Å². The number of hydrogen-bond donors (Lipinski definition) is 1. The lowest BCUT2D eigenvalue weighted by molar-refractivity contribution is 0.193. The molecule has 0 aliphatic heterocycles. The van der Waals surface area contributed by atoms with Crippen molar-refractivity contribution < 1.29 is 13.9 Å². The van der Waals surface area contributed by atoms with E-state index in [2.05, 4.69) is 0 Å². The van der Waals surface area contributed by atoms with Gasteiger partial charge in [-0.1, -0.05) is 23.8 Å². The van der Waals surface area contributed by atoms with E-state index in [0.717, 1.165) is 22.6 Å². The first-order valence-electron chi connectivity index (χ1n) is 5.89. The van der Waals surface area contributed by atoms with Gasteiger partial charge >= 0.3 is 0 Å². The average molecular weight is 280 g/mol. The molecule has 0 heterocycles. The second-order valence-corrected chi connectivity index (χ2v) is 5.37. The molecule has 2 aromatic rings. The van der Waals surface area contributed by atoms with Crippen molar-refractivity contribution in [2.45, 2.75) is 17.9 Å². The smallest absolute Gasteiger partial charge is 0.131 e. The van der Waals surface area contributed by atoms with Crippen LogP contribution in [0.1, 0.15) is 17.2 Å². The number of halogens is 2. The first-order chi connectivity index (χ1) is 9.08. The van der Waals surface area contributed by atoms with Gasteiger partial charge < -0.3 is 5.11 Å². The van der Waals surface area contributed by atoms with Crippen LogP contribution >= 0.6 is 11.8 Å². The van der Waals surface area contributed by atoms with Crippen LogP contribution in [0.15, 0.2) is 47.4 Å². The molecule has 2 rings (SSSR count). The summed E-state index contributed by atoms with van der Waals surface area (Å²) in [5, 5.41) is 9.90. The van der Waals surface area contributed by atoms with Crippen LogP contribution < -0.4 is 0 Å². The predicted molar refractivity (Wildman–Crippen MR) is 73.2 cm³/mol. The summed E-state index contributed by atoms with van der Waals surface area (Å²) >= 11 is 1.37. The number of benzene rings is 2. The fraction of sp³-hybridized carbons (Fsp3) is 0.200. The number of hydrogen-bond acceptors (Lipinski definition) is 2. The fourth-order valence-corrected chi connectivity index (χ4v) is 2.57. The lowest BCUT2D eigenvalue weighted by Gasteiger charge is -2.12. The average Bonchev–Trinajstić information content (AvgIpc) is 2.38. The molecule has 1 N–H and O–H groups in total. The molecule has 19 heavy (non-hydrogen) atoms. The van der Waals surface area contributed by atoms with E-state index in [1.54, 1.807) is 0 Å². The van der Waals surface area contributed by atoms with Crippen molar-refractivity contribution in [3.63, 3.8) is 0 Å². The van der Waals surface area contributed by atoms with Crippen LogP contribution in [0, 0.1) is 18.6 Å². The summed E-state index contributed by atoms with van der Waals surface area (Å²) in [7, 11) is 0. The Labute approximate surface area is 115 Å². The van der Waals surface area contributed by atoms with Crippen molar-refractivity contribution in [3.05, 3.63) is 65.2 Å². The Morgan fingerprint density at radius 1 is 1.05 bits per heavy atom. The highest BCUT2D eigenvalue weighted by molar-refractivity contribution is 7.99. The quantitative estimate of drug-likeness (QED) is 0.851. The first-order valence-corrected chi connectivity index (χ1v) is 6.88. The molecule has 0 saturated heterocycles. The van der Waals surface area contributed by atoms with Crippen molar-refractivity contribution in [1.29, 1.82) is 0 Å². The number of rotatable bonds is 4. The van der Waals surface area contributed by atoms with Gasteiger partial charge in [-0.05, 0) is 31.2 Å². The minimum Gasteiger partial charge on any atom is -0.387 e. The summed E-state index contributed by atoms with van der Waals surface area (Å²) in [6.07, 6.45) is -1.16. The molecular formula is C15H14F2OS. The second kappa shape index (κ2) is 6.17. The minimum atomic E-state index is -1.16. The molecule has 0 aliphatic rings. The maximum atomic E-state index is 13.5. The summed E-state index contributed by atoms with van der Waals surface area (Å²) in [4.78, 5) is 0.960. The van der Waals surface area contributed by atoms with Crippen LogP contribution in [0.25, 0.3) is 0 Å². The summed E-state index contributed by atoms with van der Waals surface area (Å²) in [5.74, 6) is -1.21. The van der Waals surface area contributed by atoms with Crippen LogP contribution in [0.2, 0.25) is 0 Å². The maximum Gasteiger partial charge on any atom is 0.131 e. The van der Waals surface area contributed by atoms with Gasteiger partial charge in [0.25, 0.3) is 0 Å². The number of aliphatic hydroxyl groups excluding tert-OH is 1. The third-order valence-corrected chi connectivity index (χ3v) is 3.85. The maximum absolute atomic E-state index is 13.5. The molecule has 0 bridgehead atoms. The van der Waals surface area contributed by atoms with Crippen molar-refractivity contribution >= 4 is 11.8 Å². The lowest BCUT2D eigenvalue weighted by atomic mass is 10.1. The third-order valence-electron chi connectivity index (χ3n) is 2.76. The van der Waals surface area contributed by atoms with E-state index in [0.29, 0.717) is 0 Å². The molecule has 0 spiro atoms. The van der Waals surface area contributed by atoms with Gasteiger partial charge in [0.1, 0.15) is 11.6 Å². The zero-order valence-electron chi connectivity index (χ0n) is 10.4. The van der Waals surface area contributed by atoms with Crippen LogP contribution in [0.4, 0.5) is 8.78 Å². The fourth-order valence-electron chi connectivity index (χ4n) is 1.72. The highest BCUT2D eigenvalue weighted by Gasteiger charge is 2.17. The molecule has 1 atom stereocenters. The van der Waals surface area contributed by atoms with Crippen LogP contribution in [-0.2, 0) is 0 Å². The van der Waals surface area contributed by atoms with E-state index in [9.17, 15) is 13.9 Å². The predicted octanol–water partition coefficient (Wildman–Crippen LogP) is 4.10. The molecule has 0 aromatic heterocycles. The van der Waals surface area contributed by atoms with Crippen molar-refractivity contribution in [1.82, 2.24) is 0 Å². The van der Waals surface area contributed by atoms with E-state index < -0.39 is 17.7 Å². The lowest BCUT2D eigenvalue weighted by Crippen LogP contribution is -2.06.